The Morgan fingerprint density at radius 3 is 2.29 bits per heavy atom. The third kappa shape index (κ3) is 3.08. The maximum absolute atomic E-state index is 14.3. The van der Waals surface area contributed by atoms with Crippen LogP contribution in [0.15, 0.2) is 23.5 Å². The second kappa shape index (κ2) is 5.93. The zero-order chi connectivity index (χ0) is 17.6. The van der Waals surface area contributed by atoms with E-state index < -0.39 is 23.0 Å². The zero-order valence-corrected chi connectivity index (χ0v) is 14.5. The Hall–Kier alpha value is -1.80. The average molecular weight is 373 g/mol. The molecule has 2 heterocycles. The van der Waals surface area contributed by atoms with Crippen molar-refractivity contribution < 1.29 is 13.2 Å². The second-order valence-corrected chi connectivity index (χ2v) is 8.19. The van der Waals surface area contributed by atoms with Crippen LogP contribution in [-0.2, 0) is 0 Å². The van der Waals surface area contributed by atoms with Gasteiger partial charge >= 0.3 is 0 Å². The van der Waals surface area contributed by atoms with Gasteiger partial charge in [0.25, 0.3) is 5.78 Å². The van der Waals surface area contributed by atoms with Gasteiger partial charge in [-0.3, -0.25) is 0 Å². The molecule has 0 radical (unpaired) electrons. The SMILES string of the molecule is CC(C)(C)Sc1c(-c2c(F)cc(F)cc2F)c(Cl)nc2ncnn12. The van der Waals surface area contributed by atoms with Gasteiger partial charge in [0.05, 0.1) is 11.1 Å². The van der Waals surface area contributed by atoms with Crippen LogP contribution < -0.4 is 0 Å². The van der Waals surface area contributed by atoms with Crippen LogP contribution in [0.4, 0.5) is 13.2 Å². The van der Waals surface area contributed by atoms with Gasteiger partial charge in [0.2, 0.25) is 0 Å². The summed E-state index contributed by atoms with van der Waals surface area (Å²) in [6.45, 7) is 5.78. The molecule has 0 aliphatic carbocycles. The van der Waals surface area contributed by atoms with Crippen molar-refractivity contribution in [1.82, 2.24) is 19.6 Å². The number of hydrogen-bond donors (Lipinski definition) is 0. The molecule has 0 atom stereocenters. The fourth-order valence-electron chi connectivity index (χ4n) is 2.17. The predicted molar refractivity (Wildman–Crippen MR) is 86.7 cm³/mol. The van der Waals surface area contributed by atoms with E-state index in [0.29, 0.717) is 17.2 Å². The molecule has 0 fully saturated rings. The Labute approximate surface area is 145 Å². The summed E-state index contributed by atoms with van der Waals surface area (Å²) >= 11 is 7.48. The molecule has 0 saturated heterocycles. The summed E-state index contributed by atoms with van der Waals surface area (Å²) in [4.78, 5) is 7.98. The molecule has 24 heavy (non-hydrogen) atoms. The van der Waals surface area contributed by atoms with Crippen molar-refractivity contribution in [1.29, 1.82) is 0 Å². The Morgan fingerprint density at radius 2 is 1.71 bits per heavy atom. The highest BCUT2D eigenvalue weighted by Crippen LogP contribution is 2.43. The topological polar surface area (TPSA) is 43.1 Å². The molecular weight excluding hydrogens is 361 g/mol. The van der Waals surface area contributed by atoms with Crippen LogP contribution in [0, 0.1) is 17.5 Å². The molecule has 126 valence electrons. The van der Waals surface area contributed by atoms with Gasteiger partial charge in [0.1, 0.15) is 34.0 Å². The molecule has 4 nitrogen and oxygen atoms in total. The summed E-state index contributed by atoms with van der Waals surface area (Å²) in [6, 6.07) is 1.21. The van der Waals surface area contributed by atoms with Crippen LogP contribution in [0.3, 0.4) is 0 Å². The van der Waals surface area contributed by atoms with Crippen LogP contribution in [0.1, 0.15) is 20.8 Å². The molecule has 1 aromatic carbocycles. The molecule has 3 rings (SSSR count). The van der Waals surface area contributed by atoms with Gasteiger partial charge in [-0.1, -0.05) is 44.1 Å². The van der Waals surface area contributed by atoms with Gasteiger partial charge < -0.3 is 0 Å². The molecule has 3 aromatic rings. The number of hydrogen-bond acceptors (Lipinski definition) is 4. The number of halogens is 4. The number of benzene rings is 1. The molecule has 0 saturated carbocycles. The molecule has 0 spiro atoms. The first-order valence-electron chi connectivity index (χ1n) is 6.90. The van der Waals surface area contributed by atoms with E-state index in [-0.39, 0.29) is 21.2 Å². The first-order chi connectivity index (χ1) is 11.2. The molecule has 0 N–H and O–H groups in total. The van der Waals surface area contributed by atoms with E-state index in [1.54, 1.807) is 0 Å². The standard InChI is InChI=1S/C15H12ClF3N4S/c1-15(2,3)24-13-11(10-8(18)4-7(17)5-9(10)19)12(16)22-14-20-6-21-23(13)14/h4-6H,1-3H3. The highest BCUT2D eigenvalue weighted by Gasteiger charge is 2.27. The molecule has 0 amide bonds. The van der Waals surface area contributed by atoms with E-state index in [9.17, 15) is 13.2 Å². The van der Waals surface area contributed by atoms with Crippen molar-refractivity contribution in [2.24, 2.45) is 0 Å². The number of rotatable bonds is 2. The van der Waals surface area contributed by atoms with Crippen LogP contribution in [0.5, 0.6) is 0 Å². The Morgan fingerprint density at radius 1 is 1.08 bits per heavy atom. The molecule has 0 unspecified atom stereocenters. The minimum Gasteiger partial charge on any atom is -0.207 e. The van der Waals surface area contributed by atoms with Crippen molar-refractivity contribution in [3.05, 3.63) is 41.1 Å². The lowest BCUT2D eigenvalue weighted by molar-refractivity contribution is 0.547. The summed E-state index contributed by atoms with van der Waals surface area (Å²) in [5.41, 5.74) is -0.428. The summed E-state index contributed by atoms with van der Waals surface area (Å²) in [5.74, 6) is -2.93. The second-order valence-electron chi connectivity index (χ2n) is 6.01. The van der Waals surface area contributed by atoms with Crippen LogP contribution in [0.2, 0.25) is 5.15 Å². The fourth-order valence-corrected chi connectivity index (χ4v) is 3.58. The highest BCUT2D eigenvalue weighted by molar-refractivity contribution is 8.00. The molecule has 9 heteroatoms. The summed E-state index contributed by atoms with van der Waals surface area (Å²) in [6.07, 6.45) is 1.27. The third-order valence-electron chi connectivity index (χ3n) is 3.00. The van der Waals surface area contributed by atoms with Crippen molar-refractivity contribution in [3.63, 3.8) is 0 Å². The normalized spacial score (nSPS) is 12.1. The summed E-state index contributed by atoms with van der Waals surface area (Å²) in [7, 11) is 0. The maximum atomic E-state index is 14.3. The minimum atomic E-state index is -1.06. The van der Waals surface area contributed by atoms with Crippen molar-refractivity contribution >= 4 is 29.1 Å². The number of nitrogens with zero attached hydrogens (tertiary/aromatic N) is 4. The number of fused-ring (bicyclic) bond motifs is 1. The molecular formula is C15H12ClF3N4S. The van der Waals surface area contributed by atoms with Gasteiger partial charge in [-0.25, -0.2) is 13.2 Å². The Kier molecular flexibility index (Phi) is 4.21. The predicted octanol–water partition coefficient (Wildman–Crippen LogP) is 4.75. The lowest BCUT2D eigenvalue weighted by Crippen LogP contribution is -2.11. The number of thioether (sulfide) groups is 1. The minimum absolute atomic E-state index is 0.0181. The van der Waals surface area contributed by atoms with Gasteiger partial charge in [-0.05, 0) is 0 Å². The van der Waals surface area contributed by atoms with Gasteiger partial charge in [0.15, 0.2) is 0 Å². The molecule has 2 aromatic heterocycles. The molecule has 0 aliphatic rings. The van der Waals surface area contributed by atoms with Crippen molar-refractivity contribution in [2.45, 2.75) is 30.5 Å². The van der Waals surface area contributed by atoms with E-state index in [2.05, 4.69) is 15.1 Å². The lowest BCUT2D eigenvalue weighted by atomic mass is 10.1. The average Bonchev–Trinajstić information content (AvgIpc) is 2.87. The zero-order valence-electron chi connectivity index (χ0n) is 12.9. The first kappa shape index (κ1) is 17.0. The van der Waals surface area contributed by atoms with Crippen LogP contribution >= 0.6 is 23.4 Å². The van der Waals surface area contributed by atoms with Crippen LogP contribution in [-0.4, -0.2) is 24.3 Å². The van der Waals surface area contributed by atoms with E-state index >= 15 is 0 Å². The van der Waals surface area contributed by atoms with Gasteiger partial charge in [-0.15, -0.1) is 0 Å². The summed E-state index contributed by atoms with van der Waals surface area (Å²) < 4.78 is 42.9. The fraction of sp³-hybridized carbons (Fsp3) is 0.267. The summed E-state index contributed by atoms with van der Waals surface area (Å²) in [5, 5.41) is 4.29. The Balaban J connectivity index is 2.39. The van der Waals surface area contributed by atoms with Crippen molar-refractivity contribution in [3.8, 4) is 11.1 Å². The highest BCUT2D eigenvalue weighted by atomic mass is 35.5. The third-order valence-corrected chi connectivity index (χ3v) is 4.46. The molecule has 0 aliphatic heterocycles. The lowest BCUT2D eigenvalue weighted by Gasteiger charge is -2.21. The quantitative estimate of drug-likeness (QED) is 0.481. The van der Waals surface area contributed by atoms with Crippen molar-refractivity contribution in [2.75, 3.05) is 0 Å². The Bertz CT molecular complexity index is 913. The van der Waals surface area contributed by atoms with E-state index in [0.717, 1.165) is 0 Å². The largest absolute Gasteiger partial charge is 0.254 e. The number of aromatic nitrogens is 4. The monoisotopic (exact) mass is 372 g/mol. The van der Waals surface area contributed by atoms with E-state index in [1.807, 2.05) is 20.8 Å². The van der Waals surface area contributed by atoms with Gasteiger partial charge in [-0.2, -0.15) is 19.6 Å². The van der Waals surface area contributed by atoms with E-state index in [4.69, 9.17) is 11.6 Å². The molecule has 0 bridgehead atoms. The smallest absolute Gasteiger partial charge is 0.207 e. The first-order valence-corrected chi connectivity index (χ1v) is 8.10. The van der Waals surface area contributed by atoms with E-state index in [1.165, 1.54) is 22.6 Å². The maximum Gasteiger partial charge on any atom is 0.254 e. The van der Waals surface area contributed by atoms with Gasteiger partial charge in [0, 0.05) is 16.9 Å². The van der Waals surface area contributed by atoms with Crippen LogP contribution in [0.25, 0.3) is 16.9 Å².